The predicted octanol–water partition coefficient (Wildman–Crippen LogP) is 7.31. The number of anilines is 2. The van der Waals surface area contributed by atoms with Crippen molar-refractivity contribution in [3.05, 3.63) is 103 Å². The summed E-state index contributed by atoms with van der Waals surface area (Å²) >= 11 is 0. The van der Waals surface area contributed by atoms with Crippen molar-refractivity contribution in [3.63, 3.8) is 0 Å². The van der Waals surface area contributed by atoms with Gasteiger partial charge in [0.1, 0.15) is 0 Å². The average Bonchev–Trinajstić information content (AvgIpc) is 3.21. The molecule has 4 aromatic rings. The van der Waals surface area contributed by atoms with E-state index in [4.69, 9.17) is 9.31 Å². The first-order valence-electron chi connectivity index (χ1n) is 12.4. The smallest absolute Gasteiger partial charge is 0.401 e. The lowest BCUT2D eigenvalue weighted by Gasteiger charge is -2.28. The highest BCUT2D eigenvalue weighted by Gasteiger charge is 2.48. The Balaban J connectivity index is 1.48. The van der Waals surface area contributed by atoms with Gasteiger partial charge in [-0.05, 0) is 60.2 Å². The third-order valence-corrected chi connectivity index (χ3v) is 6.66. The molecule has 35 heavy (non-hydrogen) atoms. The van der Waals surface area contributed by atoms with Crippen LogP contribution < -0.4 is 10.8 Å². The van der Waals surface area contributed by atoms with Crippen molar-refractivity contribution >= 4 is 24.0 Å². The molecule has 1 atom stereocenters. The van der Waals surface area contributed by atoms with E-state index >= 15 is 0 Å². The fourth-order valence-corrected chi connectivity index (χ4v) is 4.98. The molecule has 1 saturated heterocycles. The zero-order valence-electron chi connectivity index (χ0n) is 20.9. The zero-order valence-corrected chi connectivity index (χ0v) is 20.9. The van der Waals surface area contributed by atoms with E-state index in [2.05, 4.69) is 124 Å². The molecule has 4 aromatic carbocycles. The van der Waals surface area contributed by atoms with E-state index in [1.54, 1.807) is 0 Å². The summed E-state index contributed by atoms with van der Waals surface area (Å²) in [6.45, 7) is 8.61. The molecule has 0 aliphatic carbocycles. The van der Waals surface area contributed by atoms with Crippen LogP contribution >= 0.6 is 0 Å². The Labute approximate surface area is 209 Å². The Morgan fingerprint density at radius 1 is 0.714 bits per heavy atom. The molecule has 0 aromatic heterocycles. The van der Waals surface area contributed by atoms with Crippen LogP contribution in [-0.4, -0.2) is 18.8 Å². The van der Waals surface area contributed by atoms with E-state index in [1.165, 1.54) is 16.7 Å². The molecule has 176 valence electrons. The molecule has 3 nitrogen and oxygen atoms in total. The maximum atomic E-state index is 6.51. The van der Waals surface area contributed by atoms with Crippen LogP contribution in [0, 0.1) is 5.92 Å². The molecular weight excluding hydrogens is 429 g/mol. The van der Waals surface area contributed by atoms with Crippen LogP contribution in [-0.2, 0) is 9.31 Å². The fraction of sp³-hybridized carbons (Fsp3) is 0.226. The van der Waals surface area contributed by atoms with Gasteiger partial charge in [-0.1, -0.05) is 98.8 Å². The molecule has 1 N–H and O–H groups in total. The summed E-state index contributed by atoms with van der Waals surface area (Å²) in [5, 5.41) is 3.62. The Kier molecular flexibility index (Phi) is 6.51. The van der Waals surface area contributed by atoms with Crippen molar-refractivity contribution in [2.45, 2.75) is 39.4 Å². The van der Waals surface area contributed by atoms with Gasteiger partial charge in [-0.25, -0.2) is 0 Å². The van der Waals surface area contributed by atoms with E-state index in [-0.39, 0.29) is 11.7 Å². The standard InChI is InChI=1S/C31H32BNO2/c1-22(2)30-31(3,4)35-32(34-30)28-21-26(24-13-9-6-10-14-24)17-20-29(28)33-27-18-15-25(16-19-27)23-11-7-5-8-12-23/h5-22,30,33H,1-4H3. The van der Waals surface area contributed by atoms with Crippen molar-refractivity contribution in [3.8, 4) is 22.3 Å². The normalized spacial score (nSPS) is 17.1. The second kappa shape index (κ2) is 9.73. The molecule has 0 spiro atoms. The number of hydrogen-bond donors (Lipinski definition) is 1. The summed E-state index contributed by atoms with van der Waals surface area (Å²) in [7, 11) is -0.438. The van der Waals surface area contributed by atoms with Crippen LogP contribution in [0.15, 0.2) is 103 Å². The number of nitrogens with one attached hydrogen (secondary N) is 1. The van der Waals surface area contributed by atoms with Crippen LogP contribution in [0.2, 0.25) is 0 Å². The van der Waals surface area contributed by atoms with E-state index in [0.29, 0.717) is 5.92 Å². The predicted molar refractivity (Wildman–Crippen MR) is 147 cm³/mol. The van der Waals surface area contributed by atoms with E-state index in [0.717, 1.165) is 22.4 Å². The minimum Gasteiger partial charge on any atom is -0.401 e. The summed E-state index contributed by atoms with van der Waals surface area (Å²) in [6.07, 6.45) is 0.0193. The Hall–Kier alpha value is -3.34. The second-order valence-corrected chi connectivity index (χ2v) is 10.1. The number of rotatable bonds is 6. The summed E-state index contributed by atoms with van der Waals surface area (Å²) < 4.78 is 13.0. The first-order valence-corrected chi connectivity index (χ1v) is 12.4. The molecule has 0 saturated carbocycles. The van der Waals surface area contributed by atoms with Gasteiger partial charge in [0, 0.05) is 16.8 Å². The van der Waals surface area contributed by atoms with E-state index < -0.39 is 7.12 Å². The molecule has 0 radical (unpaired) electrons. The summed E-state index contributed by atoms with van der Waals surface area (Å²) in [5.41, 5.74) is 7.37. The molecule has 4 heteroatoms. The highest BCUT2D eigenvalue weighted by atomic mass is 16.7. The highest BCUT2D eigenvalue weighted by molar-refractivity contribution is 6.64. The van der Waals surface area contributed by atoms with Crippen molar-refractivity contribution in [1.82, 2.24) is 0 Å². The van der Waals surface area contributed by atoms with Gasteiger partial charge >= 0.3 is 7.12 Å². The molecule has 5 rings (SSSR count). The van der Waals surface area contributed by atoms with Gasteiger partial charge in [-0.3, -0.25) is 0 Å². The average molecular weight is 461 g/mol. The van der Waals surface area contributed by atoms with Crippen LogP contribution in [0.1, 0.15) is 27.7 Å². The van der Waals surface area contributed by atoms with Gasteiger partial charge in [0.2, 0.25) is 0 Å². The molecular formula is C31H32BNO2. The second-order valence-electron chi connectivity index (χ2n) is 10.1. The van der Waals surface area contributed by atoms with Gasteiger partial charge < -0.3 is 14.6 Å². The molecule has 0 bridgehead atoms. The molecule has 1 fully saturated rings. The SMILES string of the molecule is CC(C)C1OB(c2cc(-c3ccccc3)ccc2Nc2ccc(-c3ccccc3)cc2)OC1(C)C. The van der Waals surface area contributed by atoms with Crippen molar-refractivity contribution < 1.29 is 9.31 Å². The largest absolute Gasteiger partial charge is 0.496 e. The molecule has 0 amide bonds. The van der Waals surface area contributed by atoms with Crippen LogP contribution in [0.3, 0.4) is 0 Å². The maximum absolute atomic E-state index is 6.51. The maximum Gasteiger partial charge on any atom is 0.496 e. The lowest BCUT2D eigenvalue weighted by Crippen LogP contribution is -2.37. The van der Waals surface area contributed by atoms with E-state index in [9.17, 15) is 0 Å². The monoisotopic (exact) mass is 461 g/mol. The van der Waals surface area contributed by atoms with Crippen molar-refractivity contribution in [1.29, 1.82) is 0 Å². The number of hydrogen-bond acceptors (Lipinski definition) is 3. The first-order chi connectivity index (χ1) is 16.9. The quantitative estimate of drug-likeness (QED) is 0.306. The van der Waals surface area contributed by atoms with Gasteiger partial charge in [-0.2, -0.15) is 0 Å². The summed E-state index contributed by atoms with van der Waals surface area (Å²) in [4.78, 5) is 0. The van der Waals surface area contributed by atoms with Gasteiger partial charge in [0.05, 0.1) is 11.7 Å². The lowest BCUT2D eigenvalue weighted by molar-refractivity contribution is 0.0438. The van der Waals surface area contributed by atoms with Gasteiger partial charge in [0.25, 0.3) is 0 Å². The Morgan fingerprint density at radius 2 is 1.26 bits per heavy atom. The van der Waals surface area contributed by atoms with Crippen LogP contribution in [0.5, 0.6) is 0 Å². The zero-order chi connectivity index (χ0) is 24.4. The minimum atomic E-state index is -0.438. The third-order valence-electron chi connectivity index (χ3n) is 6.66. The van der Waals surface area contributed by atoms with Gasteiger partial charge in [0.15, 0.2) is 0 Å². The minimum absolute atomic E-state index is 0.0193. The topological polar surface area (TPSA) is 30.5 Å². The summed E-state index contributed by atoms with van der Waals surface area (Å²) in [5.74, 6) is 0.356. The molecule has 1 heterocycles. The van der Waals surface area contributed by atoms with Gasteiger partial charge in [-0.15, -0.1) is 0 Å². The van der Waals surface area contributed by atoms with Crippen molar-refractivity contribution in [2.75, 3.05) is 5.32 Å². The number of benzene rings is 4. The van der Waals surface area contributed by atoms with Crippen LogP contribution in [0.25, 0.3) is 22.3 Å². The van der Waals surface area contributed by atoms with E-state index in [1.807, 2.05) is 12.1 Å². The third kappa shape index (κ3) is 5.05. The Bertz CT molecular complexity index is 1270. The van der Waals surface area contributed by atoms with Crippen molar-refractivity contribution in [2.24, 2.45) is 5.92 Å². The molecule has 1 aliphatic rings. The lowest BCUT2D eigenvalue weighted by atomic mass is 9.76. The summed E-state index contributed by atoms with van der Waals surface area (Å²) in [6, 6.07) is 35.9. The van der Waals surface area contributed by atoms with Crippen LogP contribution in [0.4, 0.5) is 11.4 Å². The first kappa shape index (κ1) is 23.4. The molecule has 1 unspecified atom stereocenters. The highest BCUT2D eigenvalue weighted by Crippen LogP contribution is 2.34. The molecule has 1 aliphatic heterocycles. The Morgan fingerprint density at radius 3 is 1.83 bits per heavy atom. The fourth-order valence-electron chi connectivity index (χ4n) is 4.98.